The molecule has 0 bridgehead atoms. The summed E-state index contributed by atoms with van der Waals surface area (Å²) < 4.78 is 0.939. The van der Waals surface area contributed by atoms with Crippen LogP contribution >= 0.6 is 22.6 Å². The van der Waals surface area contributed by atoms with Crippen LogP contribution in [0.15, 0.2) is 18.2 Å². The topological polar surface area (TPSA) is 29.1 Å². The lowest BCUT2D eigenvalue weighted by Crippen LogP contribution is -2.26. The van der Waals surface area contributed by atoms with Crippen molar-refractivity contribution in [3.63, 3.8) is 0 Å². The highest BCUT2D eigenvalue weighted by molar-refractivity contribution is 14.1. The van der Waals surface area contributed by atoms with Crippen molar-refractivity contribution in [2.75, 3.05) is 11.0 Å². The Labute approximate surface area is 98.2 Å². The molecule has 0 unspecified atom stereocenters. The average Bonchev–Trinajstić information content (AvgIpc) is 2.14. The van der Waals surface area contributed by atoms with E-state index >= 15 is 0 Å². The van der Waals surface area contributed by atoms with Gasteiger partial charge in [-0.3, -0.25) is 4.79 Å². The van der Waals surface area contributed by atoms with Gasteiger partial charge in [0, 0.05) is 16.5 Å². The monoisotopic (exact) mass is 303 g/mol. The summed E-state index contributed by atoms with van der Waals surface area (Å²) in [7, 11) is 0. The summed E-state index contributed by atoms with van der Waals surface area (Å²) in [6.07, 6.45) is 0. The van der Waals surface area contributed by atoms with Gasteiger partial charge in [-0.15, -0.1) is 0 Å². The zero-order valence-electron chi connectivity index (χ0n) is 8.43. The third-order valence-corrected chi connectivity index (χ3v) is 2.63. The number of carbonyl (C=O) groups is 1. The summed E-state index contributed by atoms with van der Waals surface area (Å²) >= 11 is 2.24. The minimum Gasteiger partial charge on any atom is -0.351 e. The maximum atomic E-state index is 11.7. The molecule has 0 spiro atoms. The van der Waals surface area contributed by atoms with Crippen LogP contribution in [0.2, 0.25) is 0 Å². The molecule has 0 heterocycles. The van der Waals surface area contributed by atoms with Crippen molar-refractivity contribution in [3.8, 4) is 0 Å². The van der Waals surface area contributed by atoms with Crippen LogP contribution in [0.5, 0.6) is 0 Å². The van der Waals surface area contributed by atoms with Crippen LogP contribution in [-0.4, -0.2) is 16.9 Å². The number of amides is 1. The lowest BCUT2D eigenvalue weighted by Gasteiger charge is -2.09. The summed E-state index contributed by atoms with van der Waals surface area (Å²) in [6, 6.07) is 5.90. The molecule has 0 radical (unpaired) electrons. The molecular weight excluding hydrogens is 289 g/mol. The van der Waals surface area contributed by atoms with Gasteiger partial charge < -0.3 is 5.32 Å². The zero-order valence-corrected chi connectivity index (χ0v) is 10.6. The van der Waals surface area contributed by atoms with Crippen molar-refractivity contribution in [1.82, 2.24) is 5.32 Å². The van der Waals surface area contributed by atoms with Crippen LogP contribution in [0, 0.1) is 13.8 Å². The van der Waals surface area contributed by atoms with E-state index in [9.17, 15) is 4.79 Å². The minimum atomic E-state index is 0.0391. The highest BCUT2D eigenvalue weighted by atomic mass is 127. The maximum absolute atomic E-state index is 11.7. The molecule has 0 fully saturated rings. The zero-order chi connectivity index (χ0) is 10.6. The van der Waals surface area contributed by atoms with Crippen LogP contribution in [0.1, 0.15) is 21.5 Å². The van der Waals surface area contributed by atoms with Crippen molar-refractivity contribution in [2.45, 2.75) is 13.8 Å². The molecule has 3 heteroatoms. The standard InChI is InChI=1S/C11H14INO/c1-8-4-3-5-9(2)10(8)11(14)13-7-6-12/h3-5H,6-7H2,1-2H3,(H,13,14). The molecule has 1 rings (SSSR count). The predicted octanol–water partition coefficient (Wildman–Crippen LogP) is 2.47. The molecule has 1 aromatic carbocycles. The smallest absolute Gasteiger partial charge is 0.251 e. The molecule has 76 valence electrons. The molecule has 0 aromatic heterocycles. The first-order valence-corrected chi connectivity index (χ1v) is 6.09. The number of rotatable bonds is 3. The summed E-state index contributed by atoms with van der Waals surface area (Å²) in [5.74, 6) is 0.0391. The lowest BCUT2D eigenvalue weighted by molar-refractivity contribution is 0.0955. The molecule has 0 aliphatic carbocycles. The lowest BCUT2D eigenvalue weighted by atomic mass is 10.0. The van der Waals surface area contributed by atoms with Gasteiger partial charge in [-0.1, -0.05) is 40.8 Å². The Morgan fingerprint density at radius 2 is 1.93 bits per heavy atom. The molecule has 1 aromatic rings. The fraction of sp³-hybridized carbons (Fsp3) is 0.364. The number of hydrogen-bond donors (Lipinski definition) is 1. The van der Waals surface area contributed by atoms with Crippen LogP contribution < -0.4 is 5.32 Å². The Morgan fingerprint density at radius 3 is 2.43 bits per heavy atom. The Hall–Kier alpha value is -0.580. The second-order valence-electron chi connectivity index (χ2n) is 3.21. The summed E-state index contributed by atoms with van der Waals surface area (Å²) in [5.41, 5.74) is 2.89. The number of alkyl halides is 1. The van der Waals surface area contributed by atoms with Gasteiger partial charge in [0.2, 0.25) is 0 Å². The number of nitrogens with one attached hydrogen (secondary N) is 1. The Bertz CT molecular complexity index is 316. The van der Waals surface area contributed by atoms with Crippen molar-refractivity contribution < 1.29 is 4.79 Å². The van der Waals surface area contributed by atoms with E-state index < -0.39 is 0 Å². The minimum absolute atomic E-state index is 0.0391. The highest BCUT2D eigenvalue weighted by Gasteiger charge is 2.10. The first-order valence-electron chi connectivity index (χ1n) is 4.57. The van der Waals surface area contributed by atoms with E-state index in [1.165, 1.54) is 0 Å². The Balaban J connectivity index is 2.89. The van der Waals surface area contributed by atoms with Gasteiger partial charge >= 0.3 is 0 Å². The second kappa shape index (κ2) is 5.34. The summed E-state index contributed by atoms with van der Waals surface area (Å²) in [4.78, 5) is 11.7. The van der Waals surface area contributed by atoms with Crippen molar-refractivity contribution in [3.05, 3.63) is 34.9 Å². The van der Waals surface area contributed by atoms with Gasteiger partial charge in [0.25, 0.3) is 5.91 Å². The molecule has 1 amide bonds. The van der Waals surface area contributed by atoms with Gasteiger partial charge in [0.15, 0.2) is 0 Å². The van der Waals surface area contributed by atoms with E-state index in [-0.39, 0.29) is 5.91 Å². The average molecular weight is 303 g/mol. The molecule has 14 heavy (non-hydrogen) atoms. The van der Waals surface area contributed by atoms with Crippen molar-refractivity contribution in [2.24, 2.45) is 0 Å². The largest absolute Gasteiger partial charge is 0.351 e. The molecule has 2 nitrogen and oxygen atoms in total. The van der Waals surface area contributed by atoms with Crippen LogP contribution in [0.25, 0.3) is 0 Å². The Morgan fingerprint density at radius 1 is 1.36 bits per heavy atom. The number of benzene rings is 1. The second-order valence-corrected chi connectivity index (χ2v) is 4.29. The quantitative estimate of drug-likeness (QED) is 0.674. The first-order chi connectivity index (χ1) is 6.66. The van der Waals surface area contributed by atoms with Crippen molar-refractivity contribution in [1.29, 1.82) is 0 Å². The number of aryl methyl sites for hydroxylation is 2. The molecular formula is C11H14INO. The van der Waals surface area contributed by atoms with E-state index in [2.05, 4.69) is 27.9 Å². The number of carbonyl (C=O) groups excluding carboxylic acids is 1. The molecule has 1 N–H and O–H groups in total. The van der Waals surface area contributed by atoms with Gasteiger partial charge in [-0.25, -0.2) is 0 Å². The normalized spacial score (nSPS) is 9.93. The third-order valence-electron chi connectivity index (χ3n) is 2.09. The number of halogens is 1. The molecule has 0 aliphatic rings. The van der Waals surface area contributed by atoms with E-state index in [0.717, 1.165) is 27.7 Å². The van der Waals surface area contributed by atoms with Gasteiger partial charge in [0.05, 0.1) is 0 Å². The fourth-order valence-corrected chi connectivity index (χ4v) is 1.69. The van der Waals surface area contributed by atoms with Crippen LogP contribution in [0.3, 0.4) is 0 Å². The number of hydrogen-bond acceptors (Lipinski definition) is 1. The van der Waals surface area contributed by atoms with E-state index in [1.54, 1.807) is 0 Å². The van der Waals surface area contributed by atoms with Crippen LogP contribution in [0.4, 0.5) is 0 Å². The molecule has 0 saturated carbocycles. The maximum Gasteiger partial charge on any atom is 0.251 e. The van der Waals surface area contributed by atoms with E-state index in [4.69, 9.17) is 0 Å². The van der Waals surface area contributed by atoms with Crippen LogP contribution in [-0.2, 0) is 0 Å². The predicted molar refractivity (Wildman–Crippen MR) is 67.1 cm³/mol. The fourth-order valence-electron chi connectivity index (χ4n) is 1.42. The highest BCUT2D eigenvalue weighted by Crippen LogP contribution is 2.12. The summed E-state index contributed by atoms with van der Waals surface area (Å²) in [5, 5.41) is 2.88. The SMILES string of the molecule is Cc1cccc(C)c1C(=O)NCCI. The summed E-state index contributed by atoms with van der Waals surface area (Å²) in [6.45, 7) is 4.66. The van der Waals surface area contributed by atoms with E-state index in [1.807, 2.05) is 32.0 Å². The van der Waals surface area contributed by atoms with Gasteiger partial charge in [-0.2, -0.15) is 0 Å². The van der Waals surface area contributed by atoms with E-state index in [0.29, 0.717) is 0 Å². The van der Waals surface area contributed by atoms with Gasteiger partial charge in [0.1, 0.15) is 0 Å². The Kier molecular flexibility index (Phi) is 4.38. The van der Waals surface area contributed by atoms with Crippen molar-refractivity contribution >= 4 is 28.5 Å². The molecule has 0 saturated heterocycles. The molecule has 0 aliphatic heterocycles. The third kappa shape index (κ3) is 2.70. The molecule has 0 atom stereocenters. The van der Waals surface area contributed by atoms with Gasteiger partial charge in [-0.05, 0) is 25.0 Å². The first kappa shape index (κ1) is 11.5.